The number of piperidine rings is 1. The second-order valence-electron chi connectivity index (χ2n) is 5.02. The zero-order valence-electron chi connectivity index (χ0n) is 11.5. The highest BCUT2D eigenvalue weighted by atomic mass is 32.2. The van der Waals surface area contributed by atoms with Gasteiger partial charge in [0.2, 0.25) is 0 Å². The normalized spacial score (nSPS) is 19.4. The van der Waals surface area contributed by atoms with Gasteiger partial charge in [-0.25, -0.2) is 4.72 Å². The molecule has 0 aliphatic carbocycles. The fourth-order valence-electron chi connectivity index (χ4n) is 2.22. The summed E-state index contributed by atoms with van der Waals surface area (Å²) in [7, 11) is -1.79. The van der Waals surface area contributed by atoms with Crippen LogP contribution in [0.15, 0.2) is 0 Å². The summed E-state index contributed by atoms with van der Waals surface area (Å²) < 4.78 is 63.2. The van der Waals surface area contributed by atoms with E-state index in [1.54, 1.807) is 0 Å². The Morgan fingerprint density at radius 3 is 2.35 bits per heavy atom. The second-order valence-corrected chi connectivity index (χ2v) is 6.77. The van der Waals surface area contributed by atoms with Crippen molar-refractivity contribution in [2.75, 3.05) is 33.2 Å². The molecule has 0 atom stereocenters. The lowest BCUT2D eigenvalue weighted by atomic mass is 9.98. The molecule has 0 amide bonds. The average molecular weight is 317 g/mol. The predicted octanol–water partition coefficient (Wildman–Crippen LogP) is 1.09. The van der Waals surface area contributed by atoms with Gasteiger partial charge in [-0.1, -0.05) is 0 Å². The first kappa shape index (κ1) is 17.7. The molecule has 1 heterocycles. The second kappa shape index (κ2) is 7.58. The van der Waals surface area contributed by atoms with E-state index in [9.17, 15) is 21.6 Å². The van der Waals surface area contributed by atoms with Gasteiger partial charge in [0, 0.05) is 26.1 Å². The first-order valence-electron chi connectivity index (χ1n) is 6.70. The predicted molar refractivity (Wildman–Crippen MR) is 70.4 cm³/mol. The minimum atomic E-state index is -4.24. The van der Waals surface area contributed by atoms with E-state index in [1.165, 1.54) is 4.31 Å². The van der Waals surface area contributed by atoms with E-state index in [1.807, 2.05) is 7.05 Å². The maximum Gasteiger partial charge on any atom is 0.389 e. The highest BCUT2D eigenvalue weighted by Crippen LogP contribution is 2.21. The Kier molecular flexibility index (Phi) is 6.70. The van der Waals surface area contributed by atoms with E-state index in [-0.39, 0.29) is 13.0 Å². The summed E-state index contributed by atoms with van der Waals surface area (Å²) in [6.07, 6.45) is -3.91. The number of alkyl halides is 3. The van der Waals surface area contributed by atoms with Crippen molar-refractivity contribution in [3.8, 4) is 0 Å². The Hall–Kier alpha value is -0.380. The van der Waals surface area contributed by atoms with Gasteiger partial charge >= 0.3 is 6.18 Å². The Labute approximate surface area is 118 Å². The maximum atomic E-state index is 12.0. The largest absolute Gasteiger partial charge is 0.389 e. The Morgan fingerprint density at radius 1 is 1.25 bits per heavy atom. The van der Waals surface area contributed by atoms with Gasteiger partial charge in [0.25, 0.3) is 10.2 Å². The molecule has 0 aromatic rings. The van der Waals surface area contributed by atoms with Crippen molar-refractivity contribution in [3.05, 3.63) is 0 Å². The van der Waals surface area contributed by atoms with Crippen LogP contribution in [0.2, 0.25) is 0 Å². The number of nitrogens with zero attached hydrogens (tertiary/aromatic N) is 1. The summed E-state index contributed by atoms with van der Waals surface area (Å²) in [6.45, 7) is 1.51. The SMILES string of the molecule is CNCC1CCN(S(=O)(=O)NCCCC(F)(F)F)CC1. The zero-order chi connectivity index (χ0) is 15.2. The number of halogens is 3. The third-order valence-electron chi connectivity index (χ3n) is 3.33. The van der Waals surface area contributed by atoms with Crippen molar-refractivity contribution in [3.63, 3.8) is 0 Å². The Bertz CT molecular complexity index is 379. The smallest absolute Gasteiger partial charge is 0.319 e. The molecule has 0 aromatic heterocycles. The Balaban J connectivity index is 2.31. The number of hydrogen-bond donors (Lipinski definition) is 2. The first-order valence-corrected chi connectivity index (χ1v) is 8.14. The quantitative estimate of drug-likeness (QED) is 0.691. The molecule has 9 heteroatoms. The molecule has 0 saturated carbocycles. The van der Waals surface area contributed by atoms with Gasteiger partial charge in [-0.2, -0.15) is 25.9 Å². The number of nitrogens with one attached hydrogen (secondary N) is 2. The summed E-state index contributed by atoms with van der Waals surface area (Å²) in [4.78, 5) is 0. The number of hydrogen-bond acceptors (Lipinski definition) is 3. The van der Waals surface area contributed by atoms with Gasteiger partial charge in [-0.05, 0) is 38.8 Å². The minimum absolute atomic E-state index is 0.182. The van der Waals surface area contributed by atoms with Gasteiger partial charge in [0.05, 0.1) is 0 Å². The van der Waals surface area contributed by atoms with Crippen molar-refractivity contribution in [1.82, 2.24) is 14.3 Å². The van der Waals surface area contributed by atoms with Crippen LogP contribution >= 0.6 is 0 Å². The van der Waals surface area contributed by atoms with Gasteiger partial charge in [-0.15, -0.1) is 0 Å². The van der Waals surface area contributed by atoms with E-state index in [4.69, 9.17) is 0 Å². The molecule has 2 N–H and O–H groups in total. The van der Waals surface area contributed by atoms with Crippen LogP contribution < -0.4 is 10.0 Å². The summed E-state index contributed by atoms with van der Waals surface area (Å²) in [5, 5.41) is 3.06. The molecule has 5 nitrogen and oxygen atoms in total. The fourth-order valence-corrected chi connectivity index (χ4v) is 3.50. The molecule has 0 radical (unpaired) electrons. The average Bonchev–Trinajstić information content (AvgIpc) is 2.35. The summed E-state index contributed by atoms with van der Waals surface area (Å²) in [5.41, 5.74) is 0. The molecule has 0 aromatic carbocycles. The molecular weight excluding hydrogens is 295 g/mol. The van der Waals surface area contributed by atoms with E-state index in [0.717, 1.165) is 19.4 Å². The third kappa shape index (κ3) is 6.38. The van der Waals surface area contributed by atoms with Crippen LogP contribution in [0.3, 0.4) is 0 Å². The van der Waals surface area contributed by atoms with Crippen LogP contribution in [-0.2, 0) is 10.2 Å². The van der Waals surface area contributed by atoms with Crippen molar-refractivity contribution < 1.29 is 21.6 Å². The molecule has 1 saturated heterocycles. The molecule has 0 spiro atoms. The van der Waals surface area contributed by atoms with Crippen LogP contribution in [-0.4, -0.2) is 52.1 Å². The van der Waals surface area contributed by atoms with Crippen molar-refractivity contribution in [1.29, 1.82) is 0 Å². The molecule has 120 valence electrons. The van der Waals surface area contributed by atoms with Crippen LogP contribution in [0.1, 0.15) is 25.7 Å². The Morgan fingerprint density at radius 2 is 1.85 bits per heavy atom. The van der Waals surface area contributed by atoms with Crippen molar-refractivity contribution in [2.45, 2.75) is 31.9 Å². The standard InChI is InChI=1S/C11H22F3N3O2S/c1-15-9-10-3-7-17(8-4-10)20(18,19)16-6-2-5-11(12,13)14/h10,15-16H,2-9H2,1H3. The lowest BCUT2D eigenvalue weighted by molar-refractivity contribution is -0.135. The van der Waals surface area contributed by atoms with Crippen LogP contribution in [0, 0.1) is 5.92 Å². The topological polar surface area (TPSA) is 61.4 Å². The van der Waals surface area contributed by atoms with Crippen LogP contribution in [0.4, 0.5) is 13.2 Å². The van der Waals surface area contributed by atoms with Crippen LogP contribution in [0.5, 0.6) is 0 Å². The van der Waals surface area contributed by atoms with Gasteiger partial charge in [0.15, 0.2) is 0 Å². The van der Waals surface area contributed by atoms with Gasteiger partial charge < -0.3 is 5.32 Å². The van der Waals surface area contributed by atoms with Gasteiger partial charge in [-0.3, -0.25) is 0 Å². The first-order chi connectivity index (χ1) is 9.24. The molecule has 20 heavy (non-hydrogen) atoms. The van der Waals surface area contributed by atoms with E-state index >= 15 is 0 Å². The third-order valence-corrected chi connectivity index (χ3v) is 4.94. The highest BCUT2D eigenvalue weighted by molar-refractivity contribution is 7.87. The molecule has 0 unspecified atom stereocenters. The van der Waals surface area contributed by atoms with Crippen LogP contribution in [0.25, 0.3) is 0 Å². The molecule has 0 bridgehead atoms. The van der Waals surface area contributed by atoms with Crippen molar-refractivity contribution >= 4 is 10.2 Å². The van der Waals surface area contributed by atoms with E-state index in [2.05, 4.69) is 10.0 Å². The molecule has 1 fully saturated rings. The minimum Gasteiger partial charge on any atom is -0.319 e. The zero-order valence-corrected chi connectivity index (χ0v) is 12.4. The lowest BCUT2D eigenvalue weighted by Gasteiger charge is -2.31. The maximum absolute atomic E-state index is 12.0. The summed E-state index contributed by atoms with van der Waals surface area (Å²) in [5.74, 6) is 0.455. The number of rotatable bonds is 7. The summed E-state index contributed by atoms with van der Waals surface area (Å²) >= 11 is 0. The van der Waals surface area contributed by atoms with Gasteiger partial charge in [0.1, 0.15) is 0 Å². The molecule has 1 rings (SSSR count). The fraction of sp³-hybridized carbons (Fsp3) is 1.00. The molecular formula is C11H22F3N3O2S. The van der Waals surface area contributed by atoms with Crippen molar-refractivity contribution in [2.24, 2.45) is 5.92 Å². The molecule has 1 aliphatic rings. The van der Waals surface area contributed by atoms with E-state index in [0.29, 0.717) is 19.0 Å². The van der Waals surface area contributed by atoms with E-state index < -0.39 is 22.8 Å². The summed E-state index contributed by atoms with van der Waals surface area (Å²) in [6, 6.07) is 0. The highest BCUT2D eigenvalue weighted by Gasteiger charge is 2.29. The monoisotopic (exact) mass is 317 g/mol. The molecule has 1 aliphatic heterocycles. The lowest BCUT2D eigenvalue weighted by Crippen LogP contribution is -2.46.